The van der Waals surface area contributed by atoms with E-state index in [1.165, 1.54) is 6.07 Å². The van der Waals surface area contributed by atoms with E-state index in [9.17, 15) is 14.3 Å². The van der Waals surface area contributed by atoms with E-state index in [1.807, 2.05) is 24.3 Å². The molecule has 3 aromatic rings. The molecule has 3 N–H and O–H groups in total. The Morgan fingerprint density at radius 3 is 2.36 bits per heavy atom. The lowest BCUT2D eigenvalue weighted by Crippen LogP contribution is -2.28. The van der Waals surface area contributed by atoms with Crippen LogP contribution in [0.3, 0.4) is 0 Å². The van der Waals surface area contributed by atoms with Gasteiger partial charge >= 0.3 is 6.03 Å². The molecule has 0 radical (unpaired) electrons. The number of hydrogen-bond donors (Lipinski definition) is 3. The Kier molecular flexibility index (Phi) is 6.24. The van der Waals surface area contributed by atoms with Crippen molar-refractivity contribution in [3.8, 4) is 11.5 Å². The van der Waals surface area contributed by atoms with Gasteiger partial charge in [0.2, 0.25) is 0 Å². The normalized spacial score (nSPS) is 11.5. The fourth-order valence-electron chi connectivity index (χ4n) is 2.53. The monoisotopic (exact) mass is 380 g/mol. The van der Waals surface area contributed by atoms with Gasteiger partial charge in [-0.05, 0) is 54.4 Å². The van der Waals surface area contributed by atoms with E-state index in [0.717, 1.165) is 11.1 Å². The van der Waals surface area contributed by atoms with Gasteiger partial charge in [0.1, 0.15) is 5.75 Å². The van der Waals surface area contributed by atoms with E-state index >= 15 is 0 Å². The highest BCUT2D eigenvalue weighted by molar-refractivity contribution is 5.89. The molecule has 0 aliphatic rings. The highest BCUT2D eigenvalue weighted by Crippen LogP contribution is 2.25. The van der Waals surface area contributed by atoms with E-state index in [1.54, 1.807) is 49.4 Å². The number of aliphatic hydroxyl groups is 1. The second kappa shape index (κ2) is 9.01. The van der Waals surface area contributed by atoms with Crippen LogP contribution in [0.1, 0.15) is 24.2 Å². The van der Waals surface area contributed by atoms with Gasteiger partial charge in [-0.2, -0.15) is 0 Å². The molecule has 6 heteroatoms. The third kappa shape index (κ3) is 5.31. The van der Waals surface area contributed by atoms with Gasteiger partial charge in [-0.25, -0.2) is 9.18 Å². The van der Waals surface area contributed by atoms with Crippen LogP contribution in [-0.4, -0.2) is 11.1 Å². The van der Waals surface area contributed by atoms with Gasteiger partial charge in [-0.15, -0.1) is 0 Å². The molecule has 2 amide bonds. The SMILES string of the molecule is CC(O)c1ccc(CNC(=O)Nc2ccc(Oc3ccccc3F)cc2)cc1. The number of aliphatic hydroxyl groups excluding tert-OH is 1. The fraction of sp³-hybridized carbons (Fsp3) is 0.136. The Hall–Kier alpha value is -3.38. The number of ether oxygens (including phenoxy) is 1. The van der Waals surface area contributed by atoms with Crippen molar-refractivity contribution in [2.75, 3.05) is 5.32 Å². The van der Waals surface area contributed by atoms with Crippen LogP contribution in [0.25, 0.3) is 0 Å². The van der Waals surface area contributed by atoms with Crippen molar-refractivity contribution in [1.82, 2.24) is 5.32 Å². The van der Waals surface area contributed by atoms with Crippen LogP contribution >= 0.6 is 0 Å². The van der Waals surface area contributed by atoms with Crippen LogP contribution < -0.4 is 15.4 Å². The maximum atomic E-state index is 13.6. The summed E-state index contributed by atoms with van der Waals surface area (Å²) in [5, 5.41) is 15.0. The van der Waals surface area contributed by atoms with Gasteiger partial charge in [0.25, 0.3) is 0 Å². The van der Waals surface area contributed by atoms with E-state index < -0.39 is 11.9 Å². The van der Waals surface area contributed by atoms with Gasteiger partial charge in [0.15, 0.2) is 11.6 Å². The van der Waals surface area contributed by atoms with Crippen molar-refractivity contribution >= 4 is 11.7 Å². The molecular weight excluding hydrogens is 359 g/mol. The first-order valence-electron chi connectivity index (χ1n) is 8.85. The summed E-state index contributed by atoms with van der Waals surface area (Å²) in [4.78, 5) is 12.0. The van der Waals surface area contributed by atoms with Crippen LogP contribution in [0, 0.1) is 5.82 Å². The maximum absolute atomic E-state index is 13.6. The minimum atomic E-state index is -0.518. The van der Waals surface area contributed by atoms with Crippen molar-refractivity contribution in [2.24, 2.45) is 0 Å². The van der Waals surface area contributed by atoms with Gasteiger partial charge in [0.05, 0.1) is 6.10 Å². The zero-order chi connectivity index (χ0) is 19.9. The molecule has 5 nitrogen and oxygen atoms in total. The number of hydrogen-bond acceptors (Lipinski definition) is 3. The minimum absolute atomic E-state index is 0.141. The van der Waals surface area contributed by atoms with Gasteiger partial charge in [-0.3, -0.25) is 0 Å². The molecule has 0 saturated carbocycles. The molecular formula is C22H21FN2O3. The molecule has 0 heterocycles. The number of carbonyl (C=O) groups excluding carboxylic acids is 1. The van der Waals surface area contributed by atoms with Crippen molar-refractivity contribution in [1.29, 1.82) is 0 Å². The van der Waals surface area contributed by atoms with Gasteiger partial charge < -0.3 is 20.5 Å². The van der Waals surface area contributed by atoms with Crippen LogP contribution in [0.5, 0.6) is 11.5 Å². The molecule has 144 valence electrons. The maximum Gasteiger partial charge on any atom is 0.319 e. The van der Waals surface area contributed by atoms with Gasteiger partial charge in [-0.1, -0.05) is 36.4 Å². The number of halogens is 1. The number of para-hydroxylation sites is 1. The molecule has 0 fully saturated rings. The number of rotatable bonds is 6. The molecule has 28 heavy (non-hydrogen) atoms. The number of anilines is 1. The summed E-state index contributed by atoms with van der Waals surface area (Å²) in [6.45, 7) is 2.06. The van der Waals surface area contributed by atoms with Crippen LogP contribution in [0.4, 0.5) is 14.9 Å². The molecule has 0 bridgehead atoms. The molecule has 0 saturated heterocycles. The van der Waals surface area contributed by atoms with Crippen LogP contribution in [0.15, 0.2) is 72.8 Å². The largest absolute Gasteiger partial charge is 0.454 e. The Morgan fingerprint density at radius 1 is 1.04 bits per heavy atom. The summed E-state index contributed by atoms with van der Waals surface area (Å²) in [5.74, 6) is 0.169. The number of amides is 2. The van der Waals surface area contributed by atoms with Crippen molar-refractivity contribution in [2.45, 2.75) is 19.6 Å². The average molecular weight is 380 g/mol. The second-order valence-corrected chi connectivity index (χ2v) is 6.28. The van der Waals surface area contributed by atoms with Crippen LogP contribution in [-0.2, 0) is 6.54 Å². The molecule has 1 atom stereocenters. The lowest BCUT2D eigenvalue weighted by atomic mass is 10.1. The second-order valence-electron chi connectivity index (χ2n) is 6.28. The Morgan fingerprint density at radius 2 is 1.71 bits per heavy atom. The highest BCUT2D eigenvalue weighted by Gasteiger charge is 2.06. The molecule has 1 unspecified atom stereocenters. The topological polar surface area (TPSA) is 70.6 Å². The summed E-state index contributed by atoms with van der Waals surface area (Å²) >= 11 is 0. The fourth-order valence-corrected chi connectivity index (χ4v) is 2.53. The summed E-state index contributed by atoms with van der Waals surface area (Å²) in [7, 11) is 0. The van der Waals surface area contributed by atoms with Crippen LogP contribution in [0.2, 0.25) is 0 Å². The van der Waals surface area contributed by atoms with E-state index in [-0.39, 0.29) is 11.8 Å². The van der Waals surface area contributed by atoms with Crippen molar-refractivity contribution < 1.29 is 19.0 Å². The smallest absolute Gasteiger partial charge is 0.319 e. The average Bonchev–Trinajstić information content (AvgIpc) is 2.70. The third-order valence-electron chi connectivity index (χ3n) is 4.09. The zero-order valence-corrected chi connectivity index (χ0v) is 15.4. The molecule has 0 aromatic heterocycles. The van der Waals surface area contributed by atoms with Crippen molar-refractivity contribution in [3.63, 3.8) is 0 Å². The molecule has 3 rings (SSSR count). The van der Waals surface area contributed by atoms with E-state index in [0.29, 0.717) is 18.0 Å². The summed E-state index contributed by atoms with van der Waals surface area (Å²) < 4.78 is 19.1. The Balaban J connectivity index is 1.51. The van der Waals surface area contributed by atoms with E-state index in [2.05, 4.69) is 10.6 Å². The number of nitrogens with one attached hydrogen (secondary N) is 2. The quantitative estimate of drug-likeness (QED) is 0.564. The first-order valence-corrected chi connectivity index (χ1v) is 8.85. The van der Waals surface area contributed by atoms with Crippen molar-refractivity contribution in [3.05, 3.63) is 89.7 Å². The predicted molar refractivity (Wildman–Crippen MR) is 106 cm³/mol. The lowest BCUT2D eigenvalue weighted by molar-refractivity contribution is 0.199. The number of benzene rings is 3. The molecule has 0 spiro atoms. The molecule has 0 aliphatic heterocycles. The first kappa shape index (κ1) is 19.4. The summed E-state index contributed by atoms with van der Waals surface area (Å²) in [5.41, 5.74) is 2.34. The zero-order valence-electron chi connectivity index (χ0n) is 15.4. The standard InChI is InChI=1S/C22H21FN2O3/c1-15(26)17-8-6-16(7-9-17)14-24-22(27)25-18-10-12-19(13-11-18)28-21-5-3-2-4-20(21)23/h2-13,15,26H,14H2,1H3,(H2,24,25,27). The van der Waals surface area contributed by atoms with Gasteiger partial charge in [0, 0.05) is 12.2 Å². The Labute approximate surface area is 162 Å². The third-order valence-corrected chi connectivity index (χ3v) is 4.09. The predicted octanol–water partition coefficient (Wildman–Crippen LogP) is 4.99. The highest BCUT2D eigenvalue weighted by atomic mass is 19.1. The summed E-state index contributed by atoms with van der Waals surface area (Å²) in [6, 6.07) is 19.8. The minimum Gasteiger partial charge on any atom is -0.454 e. The summed E-state index contributed by atoms with van der Waals surface area (Å²) in [6.07, 6.45) is -0.518. The number of carbonyl (C=O) groups is 1. The number of urea groups is 1. The molecule has 0 aliphatic carbocycles. The van der Waals surface area contributed by atoms with E-state index in [4.69, 9.17) is 4.74 Å². The Bertz CT molecular complexity index is 925. The lowest BCUT2D eigenvalue weighted by Gasteiger charge is -2.10. The molecule has 3 aromatic carbocycles. The first-order chi connectivity index (χ1) is 13.5.